The van der Waals surface area contributed by atoms with Crippen LogP contribution in [0.15, 0.2) is 41.3 Å². The lowest BCUT2D eigenvalue weighted by molar-refractivity contribution is 0.0730. The number of nitrogens with one attached hydrogen (secondary N) is 1. The quantitative estimate of drug-likeness (QED) is 0.835. The van der Waals surface area contributed by atoms with Crippen LogP contribution >= 0.6 is 0 Å². The Kier molecular flexibility index (Phi) is 5.50. The van der Waals surface area contributed by atoms with Crippen molar-refractivity contribution in [1.82, 2.24) is 4.31 Å². The zero-order chi connectivity index (χ0) is 19.6. The molecule has 1 aliphatic rings. The average molecular weight is 390 g/mol. The maximum atomic E-state index is 12.8. The first kappa shape index (κ1) is 19.3. The van der Waals surface area contributed by atoms with Crippen molar-refractivity contribution < 1.29 is 23.1 Å². The zero-order valence-electron chi connectivity index (χ0n) is 15.2. The summed E-state index contributed by atoms with van der Waals surface area (Å²) in [7, 11) is -3.76. The van der Waals surface area contributed by atoms with E-state index in [1.54, 1.807) is 6.07 Å². The summed E-state index contributed by atoms with van der Waals surface area (Å²) in [6, 6.07) is 9.29. The molecular formula is C19H22N2O5S. The van der Waals surface area contributed by atoms with Crippen LogP contribution < -0.4 is 5.32 Å². The van der Waals surface area contributed by atoms with E-state index in [4.69, 9.17) is 4.74 Å². The summed E-state index contributed by atoms with van der Waals surface area (Å²) in [4.78, 5) is 12.6. The molecule has 0 radical (unpaired) electrons. The van der Waals surface area contributed by atoms with Crippen LogP contribution in [-0.2, 0) is 14.8 Å². The number of carbonyl (C=O) groups is 1. The molecule has 8 heteroatoms. The van der Waals surface area contributed by atoms with Gasteiger partial charge < -0.3 is 15.2 Å². The minimum Gasteiger partial charge on any atom is -0.507 e. The third kappa shape index (κ3) is 4.13. The summed E-state index contributed by atoms with van der Waals surface area (Å²) in [6.07, 6.45) is 0. The number of benzene rings is 2. The van der Waals surface area contributed by atoms with E-state index < -0.39 is 15.9 Å². The fraction of sp³-hybridized carbons (Fsp3) is 0.316. The van der Waals surface area contributed by atoms with Crippen LogP contribution in [0.4, 0.5) is 5.69 Å². The van der Waals surface area contributed by atoms with Gasteiger partial charge in [-0.1, -0.05) is 17.7 Å². The first-order valence-electron chi connectivity index (χ1n) is 8.58. The molecule has 27 heavy (non-hydrogen) atoms. The van der Waals surface area contributed by atoms with Crippen molar-refractivity contribution in [1.29, 1.82) is 0 Å². The van der Waals surface area contributed by atoms with E-state index in [9.17, 15) is 18.3 Å². The molecule has 1 heterocycles. The number of phenols is 1. The van der Waals surface area contributed by atoms with E-state index in [0.717, 1.165) is 11.1 Å². The largest absolute Gasteiger partial charge is 0.507 e. The van der Waals surface area contributed by atoms with Crippen LogP contribution in [0.3, 0.4) is 0 Å². The van der Waals surface area contributed by atoms with Gasteiger partial charge in [-0.05, 0) is 43.7 Å². The molecule has 0 saturated carbocycles. The molecule has 3 rings (SSSR count). The molecule has 0 bridgehead atoms. The number of anilines is 1. The fourth-order valence-electron chi connectivity index (χ4n) is 2.94. The summed E-state index contributed by atoms with van der Waals surface area (Å²) >= 11 is 0. The molecule has 0 spiro atoms. The number of hydrogen-bond donors (Lipinski definition) is 2. The number of carbonyl (C=O) groups excluding carboxylic acids is 1. The highest BCUT2D eigenvalue weighted by Gasteiger charge is 2.27. The summed E-state index contributed by atoms with van der Waals surface area (Å²) in [6.45, 7) is 4.99. The van der Waals surface area contributed by atoms with E-state index >= 15 is 0 Å². The molecule has 144 valence electrons. The molecule has 0 atom stereocenters. The van der Waals surface area contributed by atoms with Gasteiger partial charge in [-0.15, -0.1) is 0 Å². The van der Waals surface area contributed by atoms with Gasteiger partial charge in [0.15, 0.2) is 0 Å². The number of amides is 1. The van der Waals surface area contributed by atoms with Gasteiger partial charge in [0.1, 0.15) is 5.75 Å². The molecule has 1 fully saturated rings. The topological polar surface area (TPSA) is 95.9 Å². The minimum absolute atomic E-state index is 0.0343. The average Bonchev–Trinajstić information content (AvgIpc) is 2.65. The first-order chi connectivity index (χ1) is 12.8. The van der Waals surface area contributed by atoms with E-state index in [2.05, 4.69) is 5.32 Å². The number of rotatable bonds is 4. The Labute approximate surface area is 158 Å². The molecule has 1 saturated heterocycles. The van der Waals surface area contributed by atoms with E-state index in [-0.39, 0.29) is 29.3 Å². The second-order valence-corrected chi connectivity index (χ2v) is 8.41. The van der Waals surface area contributed by atoms with Crippen molar-refractivity contribution in [3.8, 4) is 5.75 Å². The van der Waals surface area contributed by atoms with Crippen molar-refractivity contribution in [2.45, 2.75) is 18.7 Å². The monoisotopic (exact) mass is 390 g/mol. The van der Waals surface area contributed by atoms with Gasteiger partial charge in [-0.25, -0.2) is 8.42 Å². The zero-order valence-corrected chi connectivity index (χ0v) is 16.0. The highest BCUT2D eigenvalue weighted by molar-refractivity contribution is 7.89. The van der Waals surface area contributed by atoms with E-state index in [0.29, 0.717) is 18.9 Å². The van der Waals surface area contributed by atoms with Crippen molar-refractivity contribution >= 4 is 21.6 Å². The second kappa shape index (κ2) is 7.67. The standard InChI is InChI=1S/C19H22N2O5S/c1-13-3-5-17(14(2)11-13)20-19(23)16-12-15(4-6-18(16)22)27(24,25)21-7-9-26-10-8-21/h3-6,11-12,22H,7-10H2,1-2H3,(H,20,23). The number of phenolic OH excluding ortho intramolecular Hbond substituents is 1. The third-order valence-electron chi connectivity index (χ3n) is 4.45. The Morgan fingerprint density at radius 2 is 1.81 bits per heavy atom. The molecule has 0 aromatic heterocycles. The number of morpholine rings is 1. The molecule has 1 amide bonds. The highest BCUT2D eigenvalue weighted by atomic mass is 32.2. The Morgan fingerprint density at radius 1 is 1.11 bits per heavy atom. The van der Waals surface area contributed by atoms with Crippen molar-refractivity contribution in [3.63, 3.8) is 0 Å². The summed E-state index contributed by atoms with van der Waals surface area (Å²) in [5, 5.41) is 12.8. The van der Waals surface area contributed by atoms with Crippen LogP contribution in [0.25, 0.3) is 0 Å². The smallest absolute Gasteiger partial charge is 0.259 e. The first-order valence-corrected chi connectivity index (χ1v) is 10.0. The number of aryl methyl sites for hydroxylation is 2. The maximum Gasteiger partial charge on any atom is 0.259 e. The van der Waals surface area contributed by atoms with Gasteiger partial charge >= 0.3 is 0 Å². The predicted molar refractivity (Wildman–Crippen MR) is 102 cm³/mol. The third-order valence-corrected chi connectivity index (χ3v) is 6.35. The lowest BCUT2D eigenvalue weighted by Gasteiger charge is -2.26. The normalized spacial score (nSPS) is 15.5. The van der Waals surface area contributed by atoms with Gasteiger partial charge in [-0.2, -0.15) is 4.31 Å². The highest BCUT2D eigenvalue weighted by Crippen LogP contribution is 2.26. The van der Waals surface area contributed by atoms with Crippen LogP contribution in [0.2, 0.25) is 0 Å². The fourth-order valence-corrected chi connectivity index (χ4v) is 4.37. The lowest BCUT2D eigenvalue weighted by atomic mass is 10.1. The molecule has 0 unspecified atom stereocenters. The van der Waals surface area contributed by atoms with Gasteiger partial charge in [0, 0.05) is 18.8 Å². The number of ether oxygens (including phenoxy) is 1. The van der Waals surface area contributed by atoms with Crippen molar-refractivity contribution in [3.05, 3.63) is 53.1 Å². The van der Waals surface area contributed by atoms with Crippen LogP contribution in [0, 0.1) is 13.8 Å². The van der Waals surface area contributed by atoms with Crippen LogP contribution in [0.1, 0.15) is 21.5 Å². The predicted octanol–water partition coefficient (Wildman–Crippen LogP) is 2.28. The SMILES string of the molecule is Cc1ccc(NC(=O)c2cc(S(=O)(=O)N3CCOCC3)ccc2O)c(C)c1. The molecular weight excluding hydrogens is 368 g/mol. The van der Waals surface area contributed by atoms with Crippen LogP contribution in [0.5, 0.6) is 5.75 Å². The Bertz CT molecular complexity index is 966. The second-order valence-electron chi connectivity index (χ2n) is 6.47. The molecule has 2 aromatic carbocycles. The summed E-state index contributed by atoms with van der Waals surface area (Å²) < 4.78 is 32.1. The minimum atomic E-state index is -3.76. The van der Waals surface area contributed by atoms with Crippen molar-refractivity contribution in [2.24, 2.45) is 0 Å². The van der Waals surface area contributed by atoms with Gasteiger partial charge in [-0.3, -0.25) is 4.79 Å². The van der Waals surface area contributed by atoms with Gasteiger partial charge in [0.05, 0.1) is 23.7 Å². The molecule has 7 nitrogen and oxygen atoms in total. The molecule has 1 aliphatic heterocycles. The summed E-state index contributed by atoms with van der Waals surface area (Å²) in [5.41, 5.74) is 2.45. The van der Waals surface area contributed by atoms with E-state index in [1.807, 2.05) is 26.0 Å². The number of aromatic hydroxyl groups is 1. The molecule has 2 N–H and O–H groups in total. The number of sulfonamides is 1. The Hall–Kier alpha value is -2.42. The Morgan fingerprint density at radius 3 is 2.48 bits per heavy atom. The van der Waals surface area contributed by atoms with Crippen molar-refractivity contribution in [2.75, 3.05) is 31.6 Å². The van der Waals surface area contributed by atoms with Crippen LogP contribution in [-0.4, -0.2) is 50.0 Å². The molecule has 0 aliphatic carbocycles. The summed E-state index contributed by atoms with van der Waals surface area (Å²) in [5.74, 6) is -0.850. The molecule has 2 aromatic rings. The Balaban J connectivity index is 1.89. The maximum absolute atomic E-state index is 12.8. The number of hydrogen-bond acceptors (Lipinski definition) is 5. The van der Waals surface area contributed by atoms with Gasteiger partial charge in [0.2, 0.25) is 10.0 Å². The lowest BCUT2D eigenvalue weighted by Crippen LogP contribution is -2.40. The van der Waals surface area contributed by atoms with Gasteiger partial charge in [0.25, 0.3) is 5.91 Å². The van der Waals surface area contributed by atoms with E-state index in [1.165, 1.54) is 22.5 Å². The number of nitrogens with zero attached hydrogens (tertiary/aromatic N) is 1.